The number of hydrogen-bond acceptors (Lipinski definition) is 5. The van der Waals surface area contributed by atoms with E-state index in [1.54, 1.807) is 44.2 Å². The van der Waals surface area contributed by atoms with Crippen LogP contribution in [0, 0.1) is 0 Å². The van der Waals surface area contributed by atoms with Gasteiger partial charge in [0, 0.05) is 0 Å². The minimum absolute atomic E-state index is 0.154. The number of benzene rings is 1. The van der Waals surface area contributed by atoms with E-state index in [0.717, 1.165) is 0 Å². The molecule has 0 aliphatic carbocycles. The summed E-state index contributed by atoms with van der Waals surface area (Å²) >= 11 is 0. The van der Waals surface area contributed by atoms with E-state index in [9.17, 15) is 19.5 Å². The van der Waals surface area contributed by atoms with Crippen LogP contribution >= 0.6 is 0 Å². The van der Waals surface area contributed by atoms with Gasteiger partial charge >= 0.3 is 5.97 Å². The summed E-state index contributed by atoms with van der Waals surface area (Å²) in [7, 11) is 1.24. The van der Waals surface area contributed by atoms with E-state index in [1.807, 2.05) is 0 Å². The van der Waals surface area contributed by atoms with Crippen molar-refractivity contribution in [3.05, 3.63) is 47.2 Å². The van der Waals surface area contributed by atoms with Crippen molar-refractivity contribution in [1.29, 1.82) is 0 Å². The van der Waals surface area contributed by atoms with Gasteiger partial charge in [0.15, 0.2) is 6.10 Å². The first-order chi connectivity index (χ1) is 11.4. The van der Waals surface area contributed by atoms with Gasteiger partial charge in [-0.3, -0.25) is 9.59 Å². The maximum Gasteiger partial charge on any atom is 0.354 e. The van der Waals surface area contributed by atoms with Gasteiger partial charge in [-0.15, -0.1) is 0 Å². The number of carbonyl (C=O) groups excluding carboxylic acids is 3. The Balaban J connectivity index is 2.00. The number of allylic oxidation sites excluding steroid dienone is 1. The zero-order valence-corrected chi connectivity index (χ0v) is 13.8. The first-order valence-electron chi connectivity index (χ1n) is 7.47. The number of nitrogens with zero attached hydrogens (tertiary/aromatic N) is 1. The number of amides is 2. The first-order valence-corrected chi connectivity index (χ1v) is 7.47. The molecule has 0 radical (unpaired) electrons. The lowest BCUT2D eigenvalue weighted by atomic mass is 10.0. The second-order valence-electron chi connectivity index (χ2n) is 5.66. The maximum atomic E-state index is 12.2. The van der Waals surface area contributed by atoms with Crippen LogP contribution in [0.2, 0.25) is 0 Å². The Morgan fingerprint density at radius 1 is 1.29 bits per heavy atom. The molecular weight excluding hydrogens is 312 g/mol. The van der Waals surface area contributed by atoms with Gasteiger partial charge in [-0.2, -0.15) is 0 Å². The smallest absolute Gasteiger partial charge is 0.354 e. The van der Waals surface area contributed by atoms with Crippen LogP contribution in [0.4, 0.5) is 0 Å². The number of likely N-dealkylation sites (tertiary alicyclic amines) is 1. The molecule has 128 valence electrons. The van der Waals surface area contributed by atoms with Crippen molar-refractivity contribution >= 4 is 17.8 Å². The van der Waals surface area contributed by atoms with Crippen molar-refractivity contribution in [2.45, 2.75) is 26.0 Å². The molecule has 1 aliphatic rings. The van der Waals surface area contributed by atoms with E-state index in [1.165, 1.54) is 12.0 Å². The molecule has 2 rings (SSSR count). The summed E-state index contributed by atoms with van der Waals surface area (Å²) in [5.74, 6) is -1.67. The van der Waals surface area contributed by atoms with Gasteiger partial charge in [0.1, 0.15) is 11.7 Å². The number of carbonyl (C=O) groups is 3. The van der Waals surface area contributed by atoms with Gasteiger partial charge in [-0.1, -0.05) is 30.3 Å². The molecule has 0 spiro atoms. The van der Waals surface area contributed by atoms with Crippen molar-refractivity contribution in [2.24, 2.45) is 0 Å². The summed E-state index contributed by atoms with van der Waals surface area (Å²) in [6, 6.07) is 7.67. The van der Waals surface area contributed by atoms with Crippen LogP contribution in [0.3, 0.4) is 0 Å². The molecule has 0 aromatic heterocycles. The van der Waals surface area contributed by atoms with Crippen molar-refractivity contribution in [2.75, 3.05) is 13.7 Å². The quantitative estimate of drug-likeness (QED) is 0.465. The number of aliphatic hydroxyl groups is 1. The average Bonchev–Trinajstić information content (AvgIpc) is 2.59. The lowest BCUT2D eigenvalue weighted by molar-refractivity contribution is -0.151. The lowest BCUT2D eigenvalue weighted by Gasteiger charge is -2.39. The molecule has 1 saturated heterocycles. The number of hydrogen-bond donors (Lipinski definition) is 2. The number of esters is 1. The van der Waals surface area contributed by atoms with E-state index >= 15 is 0 Å². The molecular formula is C17H20N2O5. The molecule has 7 nitrogen and oxygen atoms in total. The number of β-lactam (4-membered cyclic amide) rings is 1. The molecule has 2 N–H and O–H groups in total. The van der Waals surface area contributed by atoms with Gasteiger partial charge in [-0.25, -0.2) is 4.79 Å². The molecule has 1 aliphatic heterocycles. The van der Waals surface area contributed by atoms with Gasteiger partial charge in [0.05, 0.1) is 13.7 Å². The normalized spacial score (nSPS) is 17.6. The summed E-state index contributed by atoms with van der Waals surface area (Å²) < 4.78 is 4.67. The van der Waals surface area contributed by atoms with Crippen molar-refractivity contribution in [1.82, 2.24) is 10.2 Å². The van der Waals surface area contributed by atoms with Gasteiger partial charge in [0.25, 0.3) is 11.8 Å². The van der Waals surface area contributed by atoms with E-state index in [4.69, 9.17) is 0 Å². The van der Waals surface area contributed by atoms with Crippen molar-refractivity contribution < 1.29 is 24.2 Å². The number of methoxy groups -OCH3 is 1. The SMILES string of the molecule is COC(=O)C(=C(C)C)N1C[C@H](NC(=O)[C@H](O)c2ccccc2)C1=O. The standard InChI is InChI=1S/C17H20N2O5/c1-10(2)13(17(23)24-3)19-9-12(16(19)22)18-15(21)14(20)11-7-5-4-6-8-11/h4-8,12,14,20H,9H2,1-3H3,(H,18,21)/t12-,14+/m0/s1. The predicted molar refractivity (Wildman–Crippen MR) is 85.4 cm³/mol. The fraction of sp³-hybridized carbons (Fsp3) is 0.353. The third-order valence-electron chi connectivity index (χ3n) is 3.73. The summed E-state index contributed by atoms with van der Waals surface area (Å²) in [5.41, 5.74) is 1.26. The Bertz CT molecular complexity index is 679. The largest absolute Gasteiger partial charge is 0.464 e. The average molecular weight is 332 g/mol. The van der Waals surface area contributed by atoms with Gasteiger partial charge in [-0.05, 0) is 25.0 Å². The summed E-state index contributed by atoms with van der Waals surface area (Å²) in [4.78, 5) is 37.3. The second kappa shape index (κ2) is 7.27. The fourth-order valence-electron chi connectivity index (χ4n) is 2.45. The van der Waals surface area contributed by atoms with E-state index < -0.39 is 29.9 Å². The molecule has 1 aromatic rings. The summed E-state index contributed by atoms with van der Waals surface area (Å²) in [6.45, 7) is 3.55. The Hall–Kier alpha value is -2.67. The molecule has 7 heteroatoms. The highest BCUT2D eigenvalue weighted by molar-refractivity contribution is 6.01. The zero-order valence-electron chi connectivity index (χ0n) is 13.8. The highest BCUT2D eigenvalue weighted by Crippen LogP contribution is 2.22. The summed E-state index contributed by atoms with van der Waals surface area (Å²) in [5, 5.41) is 12.5. The molecule has 1 heterocycles. The number of nitrogens with one attached hydrogen (secondary N) is 1. The molecule has 1 fully saturated rings. The van der Waals surface area contributed by atoms with Crippen LogP contribution < -0.4 is 5.32 Å². The van der Waals surface area contributed by atoms with Crippen molar-refractivity contribution in [3.63, 3.8) is 0 Å². The third-order valence-corrected chi connectivity index (χ3v) is 3.73. The van der Waals surface area contributed by atoms with Crippen LogP contribution in [-0.2, 0) is 19.1 Å². The van der Waals surface area contributed by atoms with Crippen LogP contribution in [0.15, 0.2) is 41.6 Å². The number of aliphatic hydroxyl groups excluding tert-OH is 1. The molecule has 24 heavy (non-hydrogen) atoms. The molecule has 0 saturated carbocycles. The van der Waals surface area contributed by atoms with Crippen molar-refractivity contribution in [3.8, 4) is 0 Å². The third kappa shape index (κ3) is 3.46. The molecule has 1 aromatic carbocycles. The Kier molecular flexibility index (Phi) is 5.35. The molecule has 2 amide bonds. The molecule has 2 atom stereocenters. The number of rotatable bonds is 5. The number of ether oxygens (including phenoxy) is 1. The minimum atomic E-state index is -1.35. The zero-order chi connectivity index (χ0) is 17.9. The Morgan fingerprint density at radius 2 is 1.92 bits per heavy atom. The minimum Gasteiger partial charge on any atom is -0.464 e. The van der Waals surface area contributed by atoms with Gasteiger partial charge in [0.2, 0.25) is 0 Å². The molecule has 0 bridgehead atoms. The van der Waals surface area contributed by atoms with E-state index in [2.05, 4.69) is 10.1 Å². The second-order valence-corrected chi connectivity index (χ2v) is 5.66. The fourth-order valence-corrected chi connectivity index (χ4v) is 2.45. The topological polar surface area (TPSA) is 95.9 Å². The first kappa shape index (κ1) is 17.7. The van der Waals surface area contributed by atoms with Crippen LogP contribution in [0.25, 0.3) is 0 Å². The highest BCUT2D eigenvalue weighted by Gasteiger charge is 2.43. The summed E-state index contributed by atoms with van der Waals surface area (Å²) in [6.07, 6.45) is -1.35. The van der Waals surface area contributed by atoms with Crippen LogP contribution in [0.5, 0.6) is 0 Å². The Morgan fingerprint density at radius 3 is 2.42 bits per heavy atom. The van der Waals surface area contributed by atoms with Crippen LogP contribution in [0.1, 0.15) is 25.5 Å². The lowest BCUT2D eigenvalue weighted by Crippen LogP contribution is -2.64. The van der Waals surface area contributed by atoms with E-state index in [-0.39, 0.29) is 12.2 Å². The predicted octanol–water partition coefficient (Wildman–Crippen LogP) is 0.514. The molecule has 0 unspecified atom stereocenters. The van der Waals surface area contributed by atoms with Crippen LogP contribution in [-0.4, -0.2) is 47.5 Å². The monoisotopic (exact) mass is 332 g/mol. The van der Waals surface area contributed by atoms with Gasteiger partial charge < -0.3 is 20.1 Å². The maximum absolute atomic E-state index is 12.2. The highest BCUT2D eigenvalue weighted by atomic mass is 16.5. The Labute approximate surface area is 139 Å². The van der Waals surface area contributed by atoms with E-state index in [0.29, 0.717) is 11.1 Å².